The van der Waals surface area contributed by atoms with Crippen LogP contribution in [0.5, 0.6) is 0 Å². The van der Waals surface area contributed by atoms with Crippen molar-refractivity contribution in [2.75, 3.05) is 19.8 Å². The van der Waals surface area contributed by atoms with E-state index in [4.69, 9.17) is 9.47 Å². The number of hydrogen-bond acceptors (Lipinski definition) is 3. The van der Waals surface area contributed by atoms with Gasteiger partial charge in [0.25, 0.3) is 0 Å². The monoisotopic (exact) mass is 257 g/mol. The second kappa shape index (κ2) is 8.13. The van der Waals surface area contributed by atoms with Crippen molar-refractivity contribution in [1.82, 2.24) is 5.32 Å². The molecule has 1 heterocycles. The summed E-state index contributed by atoms with van der Waals surface area (Å²) in [5.74, 6) is 0. The lowest BCUT2D eigenvalue weighted by Gasteiger charge is -2.35. The molecule has 1 saturated heterocycles. The van der Waals surface area contributed by atoms with E-state index in [1.54, 1.807) is 0 Å². The van der Waals surface area contributed by atoms with E-state index in [-0.39, 0.29) is 5.60 Å². The fraction of sp³-hybridized carbons (Fsp3) is 1.00. The van der Waals surface area contributed by atoms with Gasteiger partial charge >= 0.3 is 0 Å². The largest absolute Gasteiger partial charge is 0.378 e. The van der Waals surface area contributed by atoms with Gasteiger partial charge in [0.05, 0.1) is 11.7 Å². The third-order valence-corrected chi connectivity index (χ3v) is 3.80. The fourth-order valence-electron chi connectivity index (χ4n) is 2.71. The average molecular weight is 257 g/mol. The van der Waals surface area contributed by atoms with Crippen molar-refractivity contribution < 1.29 is 9.47 Å². The minimum Gasteiger partial charge on any atom is -0.378 e. The first-order chi connectivity index (χ1) is 8.60. The Balaban J connectivity index is 2.42. The molecule has 0 aromatic carbocycles. The summed E-state index contributed by atoms with van der Waals surface area (Å²) in [6.45, 7) is 11.5. The minimum absolute atomic E-state index is 0.0947. The standard InChI is InChI=1S/C15H31NO2/c1-5-11-16-14(15(3,4)18-6-2)10-9-13-8-7-12-17-13/h13-14,16H,5-12H2,1-4H3. The molecule has 0 aromatic rings. The number of ether oxygens (including phenoxy) is 2. The summed E-state index contributed by atoms with van der Waals surface area (Å²) in [6, 6.07) is 0.418. The molecule has 1 rings (SSSR count). The van der Waals surface area contributed by atoms with Gasteiger partial charge in [0.2, 0.25) is 0 Å². The highest BCUT2D eigenvalue weighted by molar-refractivity contribution is 4.86. The van der Waals surface area contributed by atoms with Crippen molar-refractivity contribution in [2.45, 2.75) is 77.5 Å². The zero-order valence-electron chi connectivity index (χ0n) is 12.6. The maximum Gasteiger partial charge on any atom is 0.0778 e. The van der Waals surface area contributed by atoms with Gasteiger partial charge in [-0.2, -0.15) is 0 Å². The topological polar surface area (TPSA) is 30.5 Å². The van der Waals surface area contributed by atoms with Crippen LogP contribution in [0.4, 0.5) is 0 Å². The molecule has 0 saturated carbocycles. The normalized spacial score (nSPS) is 22.3. The van der Waals surface area contributed by atoms with E-state index in [0.717, 1.165) is 32.6 Å². The first-order valence-electron chi connectivity index (χ1n) is 7.59. The SMILES string of the molecule is CCCNC(CCC1CCCO1)C(C)(C)OCC. The zero-order valence-corrected chi connectivity index (χ0v) is 12.6. The number of nitrogens with one attached hydrogen (secondary N) is 1. The van der Waals surface area contributed by atoms with Gasteiger partial charge in [-0.15, -0.1) is 0 Å². The molecule has 18 heavy (non-hydrogen) atoms. The van der Waals surface area contributed by atoms with Crippen LogP contribution >= 0.6 is 0 Å². The van der Waals surface area contributed by atoms with Crippen molar-refractivity contribution in [3.05, 3.63) is 0 Å². The zero-order chi connectivity index (χ0) is 13.4. The molecular formula is C15H31NO2. The van der Waals surface area contributed by atoms with Crippen LogP contribution in [0.2, 0.25) is 0 Å². The third kappa shape index (κ3) is 5.25. The Morgan fingerprint density at radius 1 is 1.39 bits per heavy atom. The lowest BCUT2D eigenvalue weighted by atomic mass is 9.92. The molecule has 0 radical (unpaired) electrons. The average Bonchev–Trinajstić information content (AvgIpc) is 2.81. The van der Waals surface area contributed by atoms with E-state index in [1.165, 1.54) is 19.3 Å². The first kappa shape index (κ1) is 15.9. The Morgan fingerprint density at radius 2 is 2.17 bits per heavy atom. The van der Waals surface area contributed by atoms with Crippen molar-refractivity contribution >= 4 is 0 Å². The Morgan fingerprint density at radius 3 is 2.72 bits per heavy atom. The summed E-state index contributed by atoms with van der Waals surface area (Å²) in [5, 5.41) is 3.64. The molecule has 0 aliphatic carbocycles. The van der Waals surface area contributed by atoms with Crippen molar-refractivity contribution in [1.29, 1.82) is 0 Å². The summed E-state index contributed by atoms with van der Waals surface area (Å²) in [6.07, 6.45) is 6.39. The van der Waals surface area contributed by atoms with Crippen LogP contribution in [0.15, 0.2) is 0 Å². The lowest BCUT2D eigenvalue weighted by Crippen LogP contribution is -2.49. The van der Waals surface area contributed by atoms with Gasteiger partial charge in [-0.3, -0.25) is 0 Å². The summed E-state index contributed by atoms with van der Waals surface area (Å²) in [7, 11) is 0. The van der Waals surface area contributed by atoms with Gasteiger partial charge < -0.3 is 14.8 Å². The number of rotatable bonds is 9. The van der Waals surface area contributed by atoms with Gasteiger partial charge in [-0.05, 0) is 59.4 Å². The minimum atomic E-state index is -0.0947. The molecule has 1 aliphatic rings. The predicted octanol–water partition coefficient (Wildman–Crippen LogP) is 3.13. The summed E-state index contributed by atoms with van der Waals surface area (Å²) >= 11 is 0. The Bertz CT molecular complexity index is 213. The molecular weight excluding hydrogens is 226 g/mol. The van der Waals surface area contributed by atoms with Crippen molar-refractivity contribution in [3.63, 3.8) is 0 Å². The van der Waals surface area contributed by atoms with Crippen LogP contribution in [-0.4, -0.2) is 37.5 Å². The van der Waals surface area contributed by atoms with Crippen LogP contribution in [-0.2, 0) is 9.47 Å². The van der Waals surface area contributed by atoms with Gasteiger partial charge in [-0.25, -0.2) is 0 Å². The van der Waals surface area contributed by atoms with E-state index in [1.807, 2.05) is 0 Å². The van der Waals surface area contributed by atoms with E-state index >= 15 is 0 Å². The second-order valence-electron chi connectivity index (χ2n) is 5.76. The van der Waals surface area contributed by atoms with Crippen LogP contribution < -0.4 is 5.32 Å². The van der Waals surface area contributed by atoms with Crippen LogP contribution in [0.3, 0.4) is 0 Å². The van der Waals surface area contributed by atoms with Gasteiger partial charge in [0, 0.05) is 19.3 Å². The maximum atomic E-state index is 5.90. The fourth-order valence-corrected chi connectivity index (χ4v) is 2.71. The molecule has 108 valence electrons. The Kier molecular flexibility index (Phi) is 7.20. The molecule has 2 unspecified atom stereocenters. The van der Waals surface area contributed by atoms with Gasteiger partial charge in [0.1, 0.15) is 0 Å². The maximum absolute atomic E-state index is 5.90. The summed E-state index contributed by atoms with van der Waals surface area (Å²) in [4.78, 5) is 0. The molecule has 3 heteroatoms. The van der Waals surface area contributed by atoms with E-state index in [9.17, 15) is 0 Å². The molecule has 0 bridgehead atoms. The van der Waals surface area contributed by atoms with Crippen molar-refractivity contribution in [2.24, 2.45) is 0 Å². The quantitative estimate of drug-likeness (QED) is 0.688. The van der Waals surface area contributed by atoms with E-state index in [0.29, 0.717) is 12.1 Å². The summed E-state index contributed by atoms with van der Waals surface area (Å²) < 4.78 is 11.6. The highest BCUT2D eigenvalue weighted by Crippen LogP contribution is 2.23. The Labute approximate surface area is 113 Å². The van der Waals surface area contributed by atoms with Gasteiger partial charge in [0.15, 0.2) is 0 Å². The molecule has 0 amide bonds. The molecule has 3 nitrogen and oxygen atoms in total. The van der Waals surface area contributed by atoms with E-state index in [2.05, 4.69) is 33.0 Å². The molecule has 0 aromatic heterocycles. The highest BCUT2D eigenvalue weighted by atomic mass is 16.5. The lowest BCUT2D eigenvalue weighted by molar-refractivity contribution is -0.0431. The Hall–Kier alpha value is -0.120. The molecule has 2 atom stereocenters. The molecule has 1 fully saturated rings. The number of hydrogen-bond donors (Lipinski definition) is 1. The van der Waals surface area contributed by atoms with Crippen molar-refractivity contribution in [3.8, 4) is 0 Å². The summed E-state index contributed by atoms with van der Waals surface area (Å²) in [5.41, 5.74) is -0.0947. The molecule has 0 spiro atoms. The van der Waals surface area contributed by atoms with Crippen LogP contribution in [0.25, 0.3) is 0 Å². The smallest absolute Gasteiger partial charge is 0.0778 e. The van der Waals surface area contributed by atoms with Gasteiger partial charge in [-0.1, -0.05) is 6.92 Å². The second-order valence-corrected chi connectivity index (χ2v) is 5.76. The molecule has 1 N–H and O–H groups in total. The predicted molar refractivity (Wildman–Crippen MR) is 76.0 cm³/mol. The van der Waals surface area contributed by atoms with E-state index < -0.39 is 0 Å². The van der Waals surface area contributed by atoms with Crippen LogP contribution in [0, 0.1) is 0 Å². The highest BCUT2D eigenvalue weighted by Gasteiger charge is 2.30. The first-order valence-corrected chi connectivity index (χ1v) is 7.59. The third-order valence-electron chi connectivity index (χ3n) is 3.80. The molecule has 1 aliphatic heterocycles. The van der Waals surface area contributed by atoms with Crippen LogP contribution in [0.1, 0.15) is 59.8 Å².